The van der Waals surface area contributed by atoms with E-state index in [-0.39, 0.29) is 16.5 Å². The number of hydrogen-bond acceptors (Lipinski definition) is 5. The van der Waals surface area contributed by atoms with Gasteiger partial charge in [0.15, 0.2) is 0 Å². The number of rotatable bonds is 6. The first-order valence-electron chi connectivity index (χ1n) is 9.49. The van der Waals surface area contributed by atoms with Crippen LogP contribution < -0.4 is 9.62 Å². The van der Waals surface area contributed by atoms with Gasteiger partial charge in [-0.25, -0.2) is 8.42 Å². The van der Waals surface area contributed by atoms with Gasteiger partial charge in [0.2, 0.25) is 0 Å². The molecular formula is C20H24N2O4S2. The minimum atomic E-state index is -3.91. The Bertz CT molecular complexity index is 965. The van der Waals surface area contributed by atoms with Crippen LogP contribution in [0, 0.1) is 5.92 Å². The lowest BCUT2D eigenvalue weighted by Crippen LogP contribution is -2.44. The second kappa shape index (κ2) is 7.17. The number of nitrogens with zero attached hydrogens (tertiary/aromatic N) is 1. The van der Waals surface area contributed by atoms with E-state index >= 15 is 0 Å². The van der Waals surface area contributed by atoms with E-state index in [0.717, 1.165) is 36.5 Å². The first-order valence-corrected chi connectivity index (χ1v) is 11.8. The number of carbonyl (C=O) groups is 1. The van der Waals surface area contributed by atoms with E-state index in [0.29, 0.717) is 5.92 Å². The number of aliphatic carboxylic acids is 1. The molecule has 4 rings (SSSR count). The lowest BCUT2D eigenvalue weighted by molar-refractivity contribution is -0.140. The maximum atomic E-state index is 12.9. The van der Waals surface area contributed by atoms with E-state index in [1.165, 1.54) is 11.3 Å². The molecule has 6 nitrogen and oxygen atoms in total. The third-order valence-electron chi connectivity index (χ3n) is 5.79. The summed E-state index contributed by atoms with van der Waals surface area (Å²) < 4.78 is 28.5. The fraction of sp³-hybridized carbons (Fsp3) is 0.450. The smallest absolute Gasteiger partial charge is 0.325 e. The predicted octanol–water partition coefficient (Wildman–Crippen LogP) is 3.27. The van der Waals surface area contributed by atoms with Crippen molar-refractivity contribution in [3.8, 4) is 0 Å². The number of sulfonamides is 1. The Morgan fingerprint density at radius 1 is 1.18 bits per heavy atom. The zero-order chi connectivity index (χ0) is 19.9. The van der Waals surface area contributed by atoms with E-state index in [2.05, 4.69) is 16.5 Å². The molecule has 1 aliphatic carbocycles. The number of thiophene rings is 1. The Balaban J connectivity index is 1.53. The quantitative estimate of drug-likeness (QED) is 0.749. The molecule has 0 bridgehead atoms. The number of anilines is 1. The van der Waals surface area contributed by atoms with Gasteiger partial charge in [0, 0.05) is 19.0 Å². The van der Waals surface area contributed by atoms with Gasteiger partial charge < -0.3 is 10.0 Å². The Labute approximate surface area is 169 Å². The molecule has 8 heteroatoms. The minimum absolute atomic E-state index is 0.167. The van der Waals surface area contributed by atoms with Crippen LogP contribution in [0.2, 0.25) is 0 Å². The highest BCUT2D eigenvalue weighted by Crippen LogP contribution is 2.52. The van der Waals surface area contributed by atoms with Gasteiger partial charge >= 0.3 is 5.97 Å². The summed E-state index contributed by atoms with van der Waals surface area (Å²) in [7, 11) is -3.91. The summed E-state index contributed by atoms with van der Waals surface area (Å²) in [5, 5.41) is 10.7. The summed E-state index contributed by atoms with van der Waals surface area (Å²) in [5.74, 6) is -0.794. The van der Waals surface area contributed by atoms with Crippen LogP contribution in [0.25, 0.3) is 0 Å². The van der Waals surface area contributed by atoms with E-state index < -0.39 is 21.5 Å². The van der Waals surface area contributed by atoms with Gasteiger partial charge in [0.05, 0.1) is 5.00 Å². The molecule has 150 valence electrons. The van der Waals surface area contributed by atoms with Crippen molar-refractivity contribution >= 4 is 32.3 Å². The number of carboxylic acids is 1. The fourth-order valence-corrected chi connectivity index (χ4v) is 6.64. The molecule has 2 aromatic rings. The highest BCUT2D eigenvalue weighted by atomic mass is 32.2. The molecule has 1 aromatic carbocycles. The van der Waals surface area contributed by atoms with Crippen molar-refractivity contribution in [2.45, 2.75) is 41.9 Å². The zero-order valence-electron chi connectivity index (χ0n) is 15.7. The van der Waals surface area contributed by atoms with Crippen LogP contribution in [-0.4, -0.2) is 38.1 Å². The summed E-state index contributed by atoms with van der Waals surface area (Å²) in [5.41, 5.74) is -0.632. The molecule has 1 saturated heterocycles. The minimum Gasteiger partial charge on any atom is -0.480 e. The second-order valence-electron chi connectivity index (χ2n) is 7.81. The van der Waals surface area contributed by atoms with Gasteiger partial charge in [0.25, 0.3) is 10.0 Å². The lowest BCUT2D eigenvalue weighted by atomic mass is 10.00. The van der Waals surface area contributed by atoms with E-state index in [1.54, 1.807) is 6.07 Å². The summed E-state index contributed by atoms with van der Waals surface area (Å²) in [6.45, 7) is 4.07. The Morgan fingerprint density at radius 2 is 1.86 bits per heavy atom. The standard InChI is InChI=1S/C20H24N2O4S2/c1-14-9-11-22(12-10-14)17-7-8-18(27-17)28(25,26)21-20(19(23)24)13-16(20)15-5-3-2-4-6-15/h2-8,14,16,21H,9-13H2,1H3,(H,23,24)/t16-,20+/m1/s1. The molecule has 2 aliphatic rings. The Hall–Kier alpha value is -1.90. The van der Waals surface area contributed by atoms with Crippen molar-refractivity contribution < 1.29 is 18.3 Å². The Kier molecular flexibility index (Phi) is 4.97. The first kappa shape index (κ1) is 19.4. The van der Waals surface area contributed by atoms with Crippen LogP contribution in [0.4, 0.5) is 5.00 Å². The number of carboxylic acid groups (broad SMARTS) is 1. The van der Waals surface area contributed by atoms with Crippen LogP contribution >= 0.6 is 11.3 Å². The SMILES string of the molecule is CC1CCN(c2ccc(S(=O)(=O)N[C@@]3(C(=O)O)C[C@@H]3c3ccccc3)s2)CC1. The number of piperidine rings is 1. The summed E-state index contributed by atoms with van der Waals surface area (Å²) in [6, 6.07) is 12.6. The molecule has 0 unspecified atom stereocenters. The molecule has 0 spiro atoms. The highest BCUT2D eigenvalue weighted by Gasteiger charge is 2.63. The van der Waals surface area contributed by atoms with Crippen molar-refractivity contribution in [3.63, 3.8) is 0 Å². The van der Waals surface area contributed by atoms with Crippen molar-refractivity contribution in [2.75, 3.05) is 18.0 Å². The van der Waals surface area contributed by atoms with Crippen molar-refractivity contribution in [2.24, 2.45) is 5.92 Å². The molecule has 2 fully saturated rings. The van der Waals surface area contributed by atoms with E-state index in [4.69, 9.17) is 0 Å². The van der Waals surface area contributed by atoms with Crippen molar-refractivity contribution in [1.82, 2.24) is 4.72 Å². The van der Waals surface area contributed by atoms with Crippen LogP contribution in [0.15, 0.2) is 46.7 Å². The summed E-state index contributed by atoms with van der Waals surface area (Å²) in [4.78, 5) is 14.1. The van der Waals surface area contributed by atoms with Gasteiger partial charge in [-0.3, -0.25) is 4.79 Å². The molecule has 1 saturated carbocycles. The molecule has 28 heavy (non-hydrogen) atoms. The molecule has 0 radical (unpaired) electrons. The highest BCUT2D eigenvalue weighted by molar-refractivity contribution is 7.91. The van der Waals surface area contributed by atoms with Gasteiger partial charge in [-0.05, 0) is 42.9 Å². The molecule has 2 atom stereocenters. The zero-order valence-corrected chi connectivity index (χ0v) is 17.3. The van der Waals surface area contributed by atoms with E-state index in [1.807, 2.05) is 36.4 Å². The summed E-state index contributed by atoms with van der Waals surface area (Å²) in [6.07, 6.45) is 2.45. The molecule has 1 aromatic heterocycles. The lowest BCUT2D eigenvalue weighted by Gasteiger charge is -2.30. The van der Waals surface area contributed by atoms with Gasteiger partial charge in [-0.15, -0.1) is 11.3 Å². The number of nitrogens with one attached hydrogen (secondary N) is 1. The molecule has 2 N–H and O–H groups in total. The maximum absolute atomic E-state index is 12.9. The maximum Gasteiger partial charge on any atom is 0.325 e. The van der Waals surface area contributed by atoms with Gasteiger partial charge in [0.1, 0.15) is 9.75 Å². The van der Waals surface area contributed by atoms with Crippen LogP contribution in [0.5, 0.6) is 0 Å². The fourth-order valence-electron chi connectivity index (χ4n) is 3.89. The molecular weight excluding hydrogens is 396 g/mol. The van der Waals surface area contributed by atoms with Crippen molar-refractivity contribution in [3.05, 3.63) is 48.0 Å². The van der Waals surface area contributed by atoms with Crippen LogP contribution in [0.3, 0.4) is 0 Å². The monoisotopic (exact) mass is 420 g/mol. The van der Waals surface area contributed by atoms with Crippen LogP contribution in [-0.2, 0) is 14.8 Å². The van der Waals surface area contributed by atoms with Crippen LogP contribution in [0.1, 0.15) is 37.7 Å². The third kappa shape index (κ3) is 3.56. The average molecular weight is 421 g/mol. The molecule has 1 aliphatic heterocycles. The Morgan fingerprint density at radius 3 is 2.50 bits per heavy atom. The van der Waals surface area contributed by atoms with E-state index in [9.17, 15) is 18.3 Å². The normalized spacial score (nSPS) is 25.6. The number of benzene rings is 1. The van der Waals surface area contributed by atoms with Gasteiger partial charge in [-0.2, -0.15) is 4.72 Å². The predicted molar refractivity (Wildman–Crippen MR) is 109 cm³/mol. The second-order valence-corrected chi connectivity index (χ2v) is 10.8. The number of hydrogen-bond donors (Lipinski definition) is 2. The summed E-state index contributed by atoms with van der Waals surface area (Å²) >= 11 is 1.21. The topological polar surface area (TPSA) is 86.7 Å². The van der Waals surface area contributed by atoms with Gasteiger partial charge in [-0.1, -0.05) is 37.3 Å². The van der Waals surface area contributed by atoms with Crippen molar-refractivity contribution in [1.29, 1.82) is 0 Å². The average Bonchev–Trinajstić information content (AvgIpc) is 3.17. The first-order chi connectivity index (χ1) is 13.3. The molecule has 2 heterocycles. The molecule has 0 amide bonds. The largest absolute Gasteiger partial charge is 0.480 e. The third-order valence-corrected chi connectivity index (χ3v) is 8.94.